The van der Waals surface area contributed by atoms with Crippen molar-refractivity contribution in [2.75, 3.05) is 51.6 Å². The van der Waals surface area contributed by atoms with Crippen LogP contribution in [0.3, 0.4) is 0 Å². The summed E-state index contributed by atoms with van der Waals surface area (Å²) >= 11 is 0. The lowest BCUT2D eigenvalue weighted by Gasteiger charge is -2.16. The Balaban J connectivity index is 1.09. The average Bonchev–Trinajstić information content (AvgIpc) is 3.50. The van der Waals surface area contributed by atoms with Gasteiger partial charge >= 0.3 is 5.97 Å². The number of nitrogens with one attached hydrogen (secondary N) is 2. The first-order valence-corrected chi connectivity index (χ1v) is 16.9. The lowest BCUT2D eigenvalue weighted by Crippen LogP contribution is -2.26. The van der Waals surface area contributed by atoms with Crippen LogP contribution in [0.1, 0.15) is 66.8 Å². The molecular formula is C36H47N7O7. The molecule has 268 valence electrons. The van der Waals surface area contributed by atoms with Gasteiger partial charge in [-0.15, -0.1) is 10.2 Å². The Labute approximate surface area is 292 Å². The molecule has 2 aromatic heterocycles. The molecule has 0 radical (unpaired) electrons. The van der Waals surface area contributed by atoms with Gasteiger partial charge in [0.2, 0.25) is 0 Å². The molecule has 4 aromatic rings. The summed E-state index contributed by atoms with van der Waals surface area (Å²) in [7, 11) is 1.88. The van der Waals surface area contributed by atoms with Gasteiger partial charge in [-0.05, 0) is 68.1 Å². The summed E-state index contributed by atoms with van der Waals surface area (Å²) in [5.74, 6) is 1.11. The molecule has 4 rings (SSSR count). The fraction of sp³-hybridized carbons (Fsp3) is 0.444. The van der Waals surface area contributed by atoms with E-state index in [-0.39, 0.29) is 25.0 Å². The quantitative estimate of drug-likeness (QED) is 0.0857. The minimum atomic E-state index is -0.869. The highest BCUT2D eigenvalue weighted by atomic mass is 16.5. The molecule has 50 heavy (non-hydrogen) atoms. The molecule has 14 heteroatoms. The van der Waals surface area contributed by atoms with Gasteiger partial charge in [-0.2, -0.15) is 0 Å². The number of hydrogen-bond donors (Lipinski definition) is 3. The summed E-state index contributed by atoms with van der Waals surface area (Å²) < 4.78 is 24.0. The van der Waals surface area contributed by atoms with E-state index in [0.29, 0.717) is 63.3 Å². The van der Waals surface area contributed by atoms with Gasteiger partial charge < -0.3 is 39.3 Å². The number of aliphatic carboxylic acids is 1. The second-order valence-electron chi connectivity index (χ2n) is 11.5. The summed E-state index contributed by atoms with van der Waals surface area (Å²) in [6.45, 7) is 5.69. The Hall–Kier alpha value is -4.92. The molecule has 2 heterocycles. The lowest BCUT2D eigenvalue weighted by atomic mass is 10.1. The number of nitrogens with zero attached hydrogens (tertiary/aromatic N) is 5. The molecule has 2 aromatic carbocycles. The molecule has 1 unspecified atom stereocenters. The van der Waals surface area contributed by atoms with E-state index in [2.05, 4.69) is 30.8 Å². The number of carbonyl (C=O) groups excluding carboxylic acids is 1. The highest BCUT2D eigenvalue weighted by Gasteiger charge is 2.14. The van der Waals surface area contributed by atoms with Crippen molar-refractivity contribution in [2.45, 2.75) is 51.6 Å². The van der Waals surface area contributed by atoms with Crippen molar-refractivity contribution in [3.8, 4) is 17.3 Å². The Bertz CT molecular complexity index is 1600. The minimum Gasteiger partial charge on any atom is -0.494 e. The number of carbonyl (C=O) groups is 2. The number of benzene rings is 2. The normalized spacial score (nSPS) is 11.6. The zero-order valence-electron chi connectivity index (χ0n) is 28.8. The molecule has 0 spiro atoms. The summed E-state index contributed by atoms with van der Waals surface area (Å²) in [5, 5.41) is 23.5. The zero-order chi connectivity index (χ0) is 35.4. The van der Waals surface area contributed by atoms with Crippen LogP contribution in [0.2, 0.25) is 0 Å². The third kappa shape index (κ3) is 13.2. The largest absolute Gasteiger partial charge is 0.494 e. The van der Waals surface area contributed by atoms with E-state index < -0.39 is 5.97 Å². The predicted octanol–water partition coefficient (Wildman–Crippen LogP) is 4.84. The molecule has 0 aliphatic rings. The standard InChI is InChI=1S/C36H47N7O7/c1-27(28-9-8-12-31(24-28)50-17-6-4-3-5-16-47-19-21-49-22-20-48-18-14-34(44)45)40-36(46)29-10-7-11-30(23-29)38-25-33-41-42-35(43(33)2)32-13-15-37-26-39-32/h7-13,15,23-24,26-27,38H,3-6,14,16-22,25H2,1-2H3,(H,40,46)(H,44,45). The van der Waals surface area contributed by atoms with Crippen molar-refractivity contribution in [3.63, 3.8) is 0 Å². The summed E-state index contributed by atoms with van der Waals surface area (Å²) in [6, 6.07) is 16.7. The van der Waals surface area contributed by atoms with Gasteiger partial charge in [0, 0.05) is 31.1 Å². The number of ether oxygens (including phenoxy) is 4. The molecule has 0 saturated carbocycles. The van der Waals surface area contributed by atoms with Crippen molar-refractivity contribution in [3.05, 3.63) is 84.1 Å². The molecule has 1 amide bonds. The number of hydrogen-bond acceptors (Lipinski definition) is 11. The van der Waals surface area contributed by atoms with Gasteiger partial charge in [-0.3, -0.25) is 9.59 Å². The van der Waals surface area contributed by atoms with E-state index in [9.17, 15) is 9.59 Å². The molecule has 0 aliphatic heterocycles. The summed E-state index contributed by atoms with van der Waals surface area (Å²) in [4.78, 5) is 31.8. The van der Waals surface area contributed by atoms with E-state index in [0.717, 1.165) is 48.5 Å². The van der Waals surface area contributed by atoms with Crippen LogP contribution in [0.25, 0.3) is 11.5 Å². The Morgan fingerprint density at radius 3 is 2.36 bits per heavy atom. The van der Waals surface area contributed by atoms with Gasteiger partial charge in [0.25, 0.3) is 5.91 Å². The number of rotatable bonds is 24. The summed E-state index contributed by atoms with van der Waals surface area (Å²) in [6.07, 6.45) is 7.14. The van der Waals surface area contributed by atoms with Gasteiger partial charge in [-0.1, -0.05) is 24.6 Å². The lowest BCUT2D eigenvalue weighted by molar-refractivity contribution is -0.138. The topological polar surface area (TPSA) is 172 Å². The fourth-order valence-corrected chi connectivity index (χ4v) is 4.90. The van der Waals surface area contributed by atoms with Crippen molar-refractivity contribution >= 4 is 17.6 Å². The van der Waals surface area contributed by atoms with E-state index in [4.69, 9.17) is 24.1 Å². The Kier molecular flexibility index (Phi) is 16.1. The Morgan fingerprint density at radius 1 is 0.860 bits per heavy atom. The molecule has 0 bridgehead atoms. The predicted molar refractivity (Wildman–Crippen MR) is 187 cm³/mol. The maximum atomic E-state index is 13.2. The molecule has 14 nitrogen and oxygen atoms in total. The molecule has 0 fully saturated rings. The number of anilines is 1. The van der Waals surface area contributed by atoms with Gasteiger partial charge in [-0.25, -0.2) is 9.97 Å². The first kappa shape index (κ1) is 37.9. The van der Waals surface area contributed by atoms with Crippen molar-refractivity contribution in [1.82, 2.24) is 30.0 Å². The van der Waals surface area contributed by atoms with Crippen molar-refractivity contribution in [2.24, 2.45) is 7.05 Å². The van der Waals surface area contributed by atoms with Crippen LogP contribution in [-0.4, -0.2) is 88.0 Å². The van der Waals surface area contributed by atoms with Crippen LogP contribution >= 0.6 is 0 Å². The molecular weight excluding hydrogens is 642 g/mol. The van der Waals surface area contributed by atoms with Crippen LogP contribution in [0.15, 0.2) is 67.1 Å². The van der Waals surface area contributed by atoms with Gasteiger partial charge in [0.15, 0.2) is 11.6 Å². The average molecular weight is 690 g/mol. The van der Waals surface area contributed by atoms with Gasteiger partial charge in [0.1, 0.15) is 17.8 Å². The van der Waals surface area contributed by atoms with Crippen molar-refractivity contribution < 1.29 is 33.6 Å². The highest BCUT2D eigenvalue weighted by Crippen LogP contribution is 2.21. The summed E-state index contributed by atoms with van der Waals surface area (Å²) in [5.41, 5.74) is 2.99. The number of unbranched alkanes of at least 4 members (excludes halogenated alkanes) is 3. The Morgan fingerprint density at radius 2 is 1.60 bits per heavy atom. The second-order valence-corrected chi connectivity index (χ2v) is 11.5. The third-order valence-corrected chi connectivity index (χ3v) is 7.71. The van der Waals surface area contributed by atoms with E-state index in [1.54, 1.807) is 18.3 Å². The first-order chi connectivity index (χ1) is 24.4. The van der Waals surface area contributed by atoms with E-state index >= 15 is 0 Å². The SMILES string of the molecule is CC(NC(=O)c1cccc(NCc2nnc(-c3ccncn3)n2C)c1)c1cccc(OCCCCCCOCCOCCOCCC(=O)O)c1. The van der Waals surface area contributed by atoms with Crippen LogP contribution in [-0.2, 0) is 32.6 Å². The van der Waals surface area contributed by atoms with Crippen LogP contribution in [0, 0.1) is 0 Å². The fourth-order valence-electron chi connectivity index (χ4n) is 4.90. The van der Waals surface area contributed by atoms with E-state index in [1.807, 2.05) is 61.0 Å². The van der Waals surface area contributed by atoms with Crippen molar-refractivity contribution in [1.29, 1.82) is 0 Å². The molecule has 0 aliphatic carbocycles. The third-order valence-electron chi connectivity index (χ3n) is 7.71. The second kappa shape index (κ2) is 21.2. The van der Waals surface area contributed by atoms with Crippen LogP contribution < -0.4 is 15.4 Å². The molecule has 0 saturated heterocycles. The smallest absolute Gasteiger partial charge is 0.305 e. The molecule has 1 atom stereocenters. The maximum absolute atomic E-state index is 13.2. The monoisotopic (exact) mass is 689 g/mol. The number of carboxylic acid groups (broad SMARTS) is 1. The number of aromatic nitrogens is 5. The van der Waals surface area contributed by atoms with E-state index in [1.165, 1.54) is 6.33 Å². The highest BCUT2D eigenvalue weighted by molar-refractivity contribution is 5.95. The first-order valence-electron chi connectivity index (χ1n) is 16.9. The van der Waals surface area contributed by atoms with Crippen LogP contribution in [0.4, 0.5) is 5.69 Å². The number of amides is 1. The maximum Gasteiger partial charge on any atom is 0.305 e. The minimum absolute atomic E-state index is 0.00178. The number of carboxylic acids is 1. The van der Waals surface area contributed by atoms with Gasteiger partial charge in [0.05, 0.1) is 58.6 Å². The molecule has 3 N–H and O–H groups in total. The van der Waals surface area contributed by atoms with Crippen LogP contribution in [0.5, 0.6) is 5.75 Å². The zero-order valence-corrected chi connectivity index (χ0v) is 28.8.